The number of aryl methyl sites for hydroxylation is 1. The number of fused-ring (bicyclic) bond motifs is 1. The van der Waals surface area contributed by atoms with E-state index in [1.807, 2.05) is 25.1 Å². The van der Waals surface area contributed by atoms with E-state index < -0.39 is 0 Å². The Kier molecular flexibility index (Phi) is 3.58. The maximum Gasteiger partial charge on any atom is 0.184 e. The van der Waals surface area contributed by atoms with Crippen LogP contribution in [0.2, 0.25) is 0 Å². The Morgan fingerprint density at radius 3 is 2.85 bits per heavy atom. The molecule has 1 N–H and O–H groups in total. The van der Waals surface area contributed by atoms with Crippen molar-refractivity contribution in [3.8, 4) is 5.75 Å². The number of nitrogens with one attached hydrogen (secondary N) is 1. The summed E-state index contributed by atoms with van der Waals surface area (Å²) in [6.07, 6.45) is 0. The predicted octanol–water partition coefficient (Wildman–Crippen LogP) is 4.24. The first kappa shape index (κ1) is 13.3. The summed E-state index contributed by atoms with van der Waals surface area (Å²) < 4.78 is 6.35. The molecule has 0 aliphatic carbocycles. The molecular formula is C14H15N3OS2. The first-order valence-electron chi connectivity index (χ1n) is 6.29. The number of anilines is 1. The highest BCUT2D eigenvalue weighted by Crippen LogP contribution is 2.31. The van der Waals surface area contributed by atoms with E-state index >= 15 is 0 Å². The van der Waals surface area contributed by atoms with Gasteiger partial charge in [0.15, 0.2) is 5.13 Å². The molecular weight excluding hydrogens is 290 g/mol. The summed E-state index contributed by atoms with van der Waals surface area (Å²) in [7, 11) is 1.67. The molecule has 0 radical (unpaired) electrons. The SMILES string of the molecule is COc1ccc2nc(NC(C)c3csc(C)n3)sc2c1. The number of methoxy groups -OCH3 is 1. The molecule has 1 aromatic carbocycles. The Morgan fingerprint density at radius 2 is 2.15 bits per heavy atom. The van der Waals surface area contributed by atoms with Gasteiger partial charge in [0.1, 0.15) is 5.75 Å². The van der Waals surface area contributed by atoms with Gasteiger partial charge in [-0.3, -0.25) is 0 Å². The predicted molar refractivity (Wildman–Crippen MR) is 85.1 cm³/mol. The van der Waals surface area contributed by atoms with Crippen molar-refractivity contribution in [1.82, 2.24) is 9.97 Å². The fourth-order valence-electron chi connectivity index (χ4n) is 1.93. The van der Waals surface area contributed by atoms with Gasteiger partial charge in [0, 0.05) is 5.38 Å². The van der Waals surface area contributed by atoms with E-state index in [4.69, 9.17) is 4.74 Å². The van der Waals surface area contributed by atoms with Crippen molar-refractivity contribution in [2.75, 3.05) is 12.4 Å². The van der Waals surface area contributed by atoms with Crippen LogP contribution in [0.15, 0.2) is 23.6 Å². The molecule has 4 nitrogen and oxygen atoms in total. The Morgan fingerprint density at radius 1 is 1.30 bits per heavy atom. The van der Waals surface area contributed by atoms with Gasteiger partial charge in [0.05, 0.1) is 34.1 Å². The summed E-state index contributed by atoms with van der Waals surface area (Å²) in [5.74, 6) is 0.857. The van der Waals surface area contributed by atoms with Gasteiger partial charge in [0.25, 0.3) is 0 Å². The van der Waals surface area contributed by atoms with E-state index in [0.29, 0.717) is 0 Å². The van der Waals surface area contributed by atoms with Crippen LogP contribution in [0.1, 0.15) is 23.7 Å². The Balaban J connectivity index is 1.83. The number of hydrogen-bond donors (Lipinski definition) is 1. The van der Waals surface area contributed by atoms with Crippen molar-refractivity contribution in [3.05, 3.63) is 34.3 Å². The van der Waals surface area contributed by atoms with Crippen LogP contribution in [0.5, 0.6) is 5.75 Å². The van der Waals surface area contributed by atoms with Crippen LogP contribution in [0.4, 0.5) is 5.13 Å². The molecule has 1 unspecified atom stereocenters. The smallest absolute Gasteiger partial charge is 0.184 e. The van der Waals surface area contributed by atoms with Crippen molar-refractivity contribution < 1.29 is 4.74 Å². The maximum atomic E-state index is 5.23. The summed E-state index contributed by atoms with van der Waals surface area (Å²) in [4.78, 5) is 9.09. The molecule has 3 rings (SSSR count). The second kappa shape index (κ2) is 5.38. The molecule has 0 saturated heterocycles. The average molecular weight is 305 g/mol. The molecule has 3 aromatic rings. The zero-order valence-corrected chi connectivity index (χ0v) is 13.1. The van der Waals surface area contributed by atoms with E-state index in [9.17, 15) is 0 Å². The lowest BCUT2D eigenvalue weighted by Gasteiger charge is -2.09. The van der Waals surface area contributed by atoms with Gasteiger partial charge in [-0.25, -0.2) is 9.97 Å². The average Bonchev–Trinajstić information content (AvgIpc) is 3.03. The molecule has 104 valence electrons. The third kappa shape index (κ3) is 2.62. The van der Waals surface area contributed by atoms with Crippen molar-refractivity contribution in [1.29, 1.82) is 0 Å². The van der Waals surface area contributed by atoms with Gasteiger partial charge in [-0.05, 0) is 32.0 Å². The highest BCUT2D eigenvalue weighted by Gasteiger charge is 2.12. The molecule has 0 aliphatic heterocycles. The first-order valence-corrected chi connectivity index (χ1v) is 7.98. The zero-order valence-electron chi connectivity index (χ0n) is 11.5. The fraction of sp³-hybridized carbons (Fsp3) is 0.286. The molecule has 0 amide bonds. The van der Waals surface area contributed by atoms with Gasteiger partial charge in [0.2, 0.25) is 0 Å². The molecule has 6 heteroatoms. The minimum Gasteiger partial charge on any atom is -0.497 e. The summed E-state index contributed by atoms with van der Waals surface area (Å²) in [6, 6.07) is 6.07. The summed E-state index contributed by atoms with van der Waals surface area (Å²) >= 11 is 3.30. The molecule has 0 saturated carbocycles. The standard InChI is InChI=1S/C14H15N3OS2/c1-8(12-7-19-9(2)16-12)15-14-17-11-5-4-10(18-3)6-13(11)20-14/h4-8H,1-3H3,(H,15,17). The third-order valence-electron chi connectivity index (χ3n) is 3.02. The van der Waals surface area contributed by atoms with E-state index in [2.05, 4.69) is 27.6 Å². The summed E-state index contributed by atoms with van der Waals surface area (Å²) in [5.41, 5.74) is 2.05. The number of aromatic nitrogens is 2. The van der Waals surface area contributed by atoms with Crippen molar-refractivity contribution in [2.24, 2.45) is 0 Å². The number of thiazole rings is 2. The lowest BCUT2D eigenvalue weighted by molar-refractivity contribution is 0.415. The highest BCUT2D eigenvalue weighted by atomic mass is 32.1. The van der Waals surface area contributed by atoms with Gasteiger partial charge < -0.3 is 10.1 Å². The van der Waals surface area contributed by atoms with Crippen LogP contribution in [0.3, 0.4) is 0 Å². The van der Waals surface area contributed by atoms with Crippen LogP contribution in [0.25, 0.3) is 10.2 Å². The van der Waals surface area contributed by atoms with Crippen LogP contribution in [-0.2, 0) is 0 Å². The van der Waals surface area contributed by atoms with Gasteiger partial charge in [-0.1, -0.05) is 11.3 Å². The van der Waals surface area contributed by atoms with Crippen molar-refractivity contribution >= 4 is 38.0 Å². The number of rotatable bonds is 4. The van der Waals surface area contributed by atoms with Gasteiger partial charge in [-0.15, -0.1) is 11.3 Å². The molecule has 0 aliphatic rings. The van der Waals surface area contributed by atoms with E-state index in [0.717, 1.165) is 31.8 Å². The Labute approximate surface area is 125 Å². The van der Waals surface area contributed by atoms with Crippen LogP contribution in [0, 0.1) is 6.92 Å². The Bertz CT molecular complexity index is 735. The topological polar surface area (TPSA) is 47.0 Å². The third-order valence-corrected chi connectivity index (χ3v) is 4.76. The molecule has 0 bridgehead atoms. The van der Waals surface area contributed by atoms with Crippen LogP contribution < -0.4 is 10.1 Å². The summed E-state index contributed by atoms with van der Waals surface area (Å²) in [5, 5.41) is 7.49. The van der Waals surface area contributed by atoms with Gasteiger partial charge >= 0.3 is 0 Å². The van der Waals surface area contributed by atoms with Gasteiger partial charge in [-0.2, -0.15) is 0 Å². The molecule has 20 heavy (non-hydrogen) atoms. The largest absolute Gasteiger partial charge is 0.497 e. The fourth-order valence-corrected chi connectivity index (χ4v) is 3.62. The van der Waals surface area contributed by atoms with Crippen LogP contribution >= 0.6 is 22.7 Å². The second-order valence-electron chi connectivity index (χ2n) is 4.51. The normalized spacial score (nSPS) is 12.6. The molecule has 1 atom stereocenters. The van der Waals surface area contributed by atoms with Crippen LogP contribution in [-0.4, -0.2) is 17.1 Å². The van der Waals surface area contributed by atoms with Crippen molar-refractivity contribution in [3.63, 3.8) is 0 Å². The monoisotopic (exact) mass is 305 g/mol. The number of nitrogens with zero attached hydrogens (tertiary/aromatic N) is 2. The Hall–Kier alpha value is -1.66. The number of ether oxygens (including phenoxy) is 1. The summed E-state index contributed by atoms with van der Waals surface area (Å²) in [6.45, 7) is 4.12. The molecule has 0 spiro atoms. The minimum atomic E-state index is 0.155. The minimum absolute atomic E-state index is 0.155. The first-order chi connectivity index (χ1) is 9.65. The van der Waals surface area contributed by atoms with Crippen molar-refractivity contribution in [2.45, 2.75) is 19.9 Å². The number of benzene rings is 1. The van der Waals surface area contributed by atoms with E-state index in [1.54, 1.807) is 29.8 Å². The van der Waals surface area contributed by atoms with E-state index in [-0.39, 0.29) is 6.04 Å². The molecule has 2 aromatic heterocycles. The second-order valence-corrected chi connectivity index (χ2v) is 6.60. The lowest BCUT2D eigenvalue weighted by atomic mass is 10.3. The maximum absolute atomic E-state index is 5.23. The zero-order chi connectivity index (χ0) is 14.1. The molecule has 0 fully saturated rings. The lowest BCUT2D eigenvalue weighted by Crippen LogP contribution is -2.06. The number of hydrogen-bond acceptors (Lipinski definition) is 6. The molecule has 2 heterocycles. The quantitative estimate of drug-likeness (QED) is 0.783. The van der Waals surface area contributed by atoms with E-state index in [1.165, 1.54) is 0 Å². The highest BCUT2D eigenvalue weighted by molar-refractivity contribution is 7.22.